The second kappa shape index (κ2) is 7.16. The molecule has 1 aromatic carbocycles. The SMILES string of the molecule is OC[C@H]1OC(n2cnc3c(NCc4ccccc4F)ncnc32)[C@H](O)[C@@H]1O. The maximum Gasteiger partial charge on any atom is 0.167 e. The third-order valence-electron chi connectivity index (χ3n) is 4.55. The molecule has 27 heavy (non-hydrogen) atoms. The number of nitrogens with zero attached hydrogens (tertiary/aromatic N) is 4. The van der Waals surface area contributed by atoms with Gasteiger partial charge in [-0.05, 0) is 6.07 Å². The Labute approximate surface area is 153 Å². The summed E-state index contributed by atoms with van der Waals surface area (Å²) in [5, 5.41) is 32.4. The molecular weight excluding hydrogens is 357 g/mol. The second-order valence-electron chi connectivity index (χ2n) is 6.22. The summed E-state index contributed by atoms with van der Waals surface area (Å²) in [6, 6.07) is 6.40. The van der Waals surface area contributed by atoms with Crippen molar-refractivity contribution in [1.29, 1.82) is 0 Å². The Balaban J connectivity index is 1.61. The van der Waals surface area contributed by atoms with Gasteiger partial charge in [-0.2, -0.15) is 0 Å². The molecule has 2 aromatic heterocycles. The minimum atomic E-state index is -1.25. The van der Waals surface area contributed by atoms with E-state index in [4.69, 9.17) is 4.74 Å². The quantitative estimate of drug-likeness (QED) is 0.498. The van der Waals surface area contributed by atoms with Gasteiger partial charge in [-0.15, -0.1) is 0 Å². The smallest absolute Gasteiger partial charge is 0.167 e. The van der Waals surface area contributed by atoms with Gasteiger partial charge in [0, 0.05) is 12.1 Å². The van der Waals surface area contributed by atoms with Crippen molar-refractivity contribution < 1.29 is 24.4 Å². The third kappa shape index (κ3) is 3.12. The largest absolute Gasteiger partial charge is 0.394 e. The molecule has 3 heterocycles. The monoisotopic (exact) mass is 375 g/mol. The zero-order valence-corrected chi connectivity index (χ0v) is 14.1. The molecule has 142 valence electrons. The first-order chi connectivity index (χ1) is 13.1. The van der Waals surface area contributed by atoms with Crippen LogP contribution in [0.4, 0.5) is 10.2 Å². The number of aliphatic hydroxyl groups is 3. The molecule has 1 aliphatic rings. The molecule has 4 atom stereocenters. The summed E-state index contributed by atoms with van der Waals surface area (Å²) in [6.07, 6.45) is -1.60. The summed E-state index contributed by atoms with van der Waals surface area (Å²) < 4.78 is 20.8. The number of fused-ring (bicyclic) bond motifs is 1. The van der Waals surface area contributed by atoms with E-state index in [-0.39, 0.29) is 12.4 Å². The summed E-state index contributed by atoms with van der Waals surface area (Å²) in [5.41, 5.74) is 1.26. The van der Waals surface area contributed by atoms with E-state index in [1.54, 1.807) is 18.2 Å². The van der Waals surface area contributed by atoms with E-state index in [0.717, 1.165) is 0 Å². The summed E-state index contributed by atoms with van der Waals surface area (Å²) in [7, 11) is 0. The lowest BCUT2D eigenvalue weighted by atomic mass is 10.1. The molecular formula is C17H18FN5O4. The van der Waals surface area contributed by atoms with Crippen LogP contribution in [-0.4, -0.2) is 59.8 Å². The number of imidazole rings is 1. The number of benzene rings is 1. The van der Waals surface area contributed by atoms with Gasteiger partial charge in [0.05, 0.1) is 12.9 Å². The Morgan fingerprint density at radius 3 is 2.70 bits per heavy atom. The molecule has 0 spiro atoms. The lowest BCUT2D eigenvalue weighted by Gasteiger charge is -2.16. The molecule has 1 saturated heterocycles. The molecule has 0 aliphatic carbocycles. The number of anilines is 1. The van der Waals surface area contributed by atoms with Crippen LogP contribution in [0, 0.1) is 5.82 Å². The van der Waals surface area contributed by atoms with E-state index in [0.29, 0.717) is 22.5 Å². The van der Waals surface area contributed by atoms with E-state index in [1.807, 2.05) is 0 Å². The van der Waals surface area contributed by atoms with Crippen LogP contribution >= 0.6 is 0 Å². The normalized spacial score (nSPS) is 25.2. The molecule has 10 heteroatoms. The zero-order valence-electron chi connectivity index (χ0n) is 14.1. The molecule has 1 aliphatic heterocycles. The molecule has 4 N–H and O–H groups in total. The van der Waals surface area contributed by atoms with Gasteiger partial charge in [0.2, 0.25) is 0 Å². The van der Waals surface area contributed by atoms with Crippen LogP contribution in [0.5, 0.6) is 0 Å². The van der Waals surface area contributed by atoms with Crippen LogP contribution in [0.15, 0.2) is 36.9 Å². The summed E-state index contributed by atoms with van der Waals surface area (Å²) >= 11 is 0. The van der Waals surface area contributed by atoms with Crippen molar-refractivity contribution in [3.63, 3.8) is 0 Å². The second-order valence-corrected chi connectivity index (χ2v) is 6.22. The first kappa shape index (κ1) is 17.7. The topological polar surface area (TPSA) is 126 Å². The Morgan fingerprint density at radius 2 is 1.96 bits per heavy atom. The van der Waals surface area contributed by atoms with Crippen molar-refractivity contribution in [2.45, 2.75) is 31.1 Å². The van der Waals surface area contributed by atoms with Crippen molar-refractivity contribution in [2.24, 2.45) is 0 Å². The van der Waals surface area contributed by atoms with Crippen molar-refractivity contribution in [3.8, 4) is 0 Å². The first-order valence-electron chi connectivity index (χ1n) is 8.37. The summed E-state index contributed by atoms with van der Waals surface area (Å²) in [4.78, 5) is 12.6. The van der Waals surface area contributed by atoms with Gasteiger partial charge in [0.15, 0.2) is 23.2 Å². The number of ether oxygens (including phenoxy) is 1. The van der Waals surface area contributed by atoms with E-state index in [9.17, 15) is 19.7 Å². The molecule has 0 bridgehead atoms. The Kier molecular flexibility index (Phi) is 4.70. The Morgan fingerprint density at radius 1 is 1.15 bits per heavy atom. The minimum absolute atomic E-state index is 0.208. The molecule has 9 nitrogen and oxygen atoms in total. The minimum Gasteiger partial charge on any atom is -0.394 e. The summed E-state index contributed by atoms with van der Waals surface area (Å²) in [5.74, 6) is 0.0705. The highest BCUT2D eigenvalue weighted by molar-refractivity contribution is 5.82. The standard InChI is InChI=1S/C17H18FN5O4/c18-10-4-2-1-3-9(10)5-19-15-12-16(21-7-20-15)23(8-22-12)17-14(26)13(25)11(6-24)27-17/h1-4,7-8,11,13-14,17,24-26H,5-6H2,(H,19,20,21)/t11-,13-,14-,17?/m1/s1. The average Bonchev–Trinajstić information content (AvgIpc) is 3.23. The Bertz CT molecular complexity index is 952. The van der Waals surface area contributed by atoms with Crippen molar-refractivity contribution in [3.05, 3.63) is 48.3 Å². The van der Waals surface area contributed by atoms with Gasteiger partial charge in [-0.3, -0.25) is 4.57 Å². The number of hydrogen-bond acceptors (Lipinski definition) is 8. The number of halogens is 1. The van der Waals surface area contributed by atoms with Gasteiger partial charge < -0.3 is 25.4 Å². The number of nitrogens with one attached hydrogen (secondary N) is 1. The van der Waals surface area contributed by atoms with Crippen LogP contribution in [0.1, 0.15) is 11.8 Å². The number of hydrogen-bond donors (Lipinski definition) is 4. The lowest BCUT2D eigenvalue weighted by molar-refractivity contribution is -0.0511. The number of aromatic nitrogens is 4. The maximum absolute atomic E-state index is 13.8. The molecule has 0 amide bonds. The van der Waals surface area contributed by atoms with Crippen molar-refractivity contribution >= 4 is 17.0 Å². The highest BCUT2D eigenvalue weighted by Crippen LogP contribution is 2.32. The number of rotatable bonds is 5. The fraction of sp³-hybridized carbons (Fsp3) is 0.353. The predicted octanol–water partition coefficient (Wildman–Crippen LogP) is 0.189. The van der Waals surface area contributed by atoms with Crippen LogP contribution in [0.2, 0.25) is 0 Å². The highest BCUT2D eigenvalue weighted by atomic mass is 19.1. The van der Waals surface area contributed by atoms with Crippen molar-refractivity contribution in [1.82, 2.24) is 19.5 Å². The van der Waals surface area contributed by atoms with E-state index >= 15 is 0 Å². The van der Waals surface area contributed by atoms with E-state index in [2.05, 4.69) is 20.3 Å². The summed E-state index contributed by atoms with van der Waals surface area (Å²) in [6.45, 7) is -0.217. The van der Waals surface area contributed by atoms with Gasteiger partial charge >= 0.3 is 0 Å². The highest BCUT2D eigenvalue weighted by Gasteiger charge is 2.44. The molecule has 0 radical (unpaired) electrons. The fourth-order valence-corrected chi connectivity index (χ4v) is 3.10. The molecule has 3 aromatic rings. The maximum atomic E-state index is 13.8. The molecule has 4 rings (SSSR count). The number of aliphatic hydroxyl groups excluding tert-OH is 3. The Hall–Kier alpha value is -2.66. The van der Waals surface area contributed by atoms with Gasteiger partial charge in [-0.25, -0.2) is 19.3 Å². The van der Waals surface area contributed by atoms with Gasteiger partial charge in [-0.1, -0.05) is 18.2 Å². The first-order valence-corrected chi connectivity index (χ1v) is 8.37. The van der Waals surface area contributed by atoms with Gasteiger partial charge in [0.25, 0.3) is 0 Å². The van der Waals surface area contributed by atoms with Crippen LogP contribution in [0.25, 0.3) is 11.2 Å². The average molecular weight is 375 g/mol. The van der Waals surface area contributed by atoms with Crippen LogP contribution in [-0.2, 0) is 11.3 Å². The molecule has 1 unspecified atom stereocenters. The van der Waals surface area contributed by atoms with Crippen LogP contribution in [0.3, 0.4) is 0 Å². The molecule has 0 saturated carbocycles. The van der Waals surface area contributed by atoms with E-state index < -0.39 is 31.1 Å². The molecule has 1 fully saturated rings. The zero-order chi connectivity index (χ0) is 19.0. The van der Waals surface area contributed by atoms with E-state index in [1.165, 1.54) is 23.3 Å². The fourth-order valence-electron chi connectivity index (χ4n) is 3.10. The van der Waals surface area contributed by atoms with Crippen molar-refractivity contribution in [2.75, 3.05) is 11.9 Å². The predicted molar refractivity (Wildman–Crippen MR) is 92.1 cm³/mol. The lowest BCUT2D eigenvalue weighted by Crippen LogP contribution is -2.33. The van der Waals surface area contributed by atoms with Gasteiger partial charge in [0.1, 0.15) is 30.5 Å². The van der Waals surface area contributed by atoms with Crippen LogP contribution < -0.4 is 5.32 Å². The third-order valence-corrected chi connectivity index (χ3v) is 4.55.